The fourth-order valence-corrected chi connectivity index (χ4v) is 2.09. The van der Waals surface area contributed by atoms with Gasteiger partial charge in [0, 0.05) is 11.6 Å². The van der Waals surface area contributed by atoms with E-state index in [1.807, 2.05) is 31.2 Å². The highest BCUT2D eigenvalue weighted by atomic mass is 16.4. The minimum Gasteiger partial charge on any atom is -0.458 e. The molecular weight excluding hydrogens is 240 g/mol. The van der Waals surface area contributed by atoms with E-state index >= 15 is 0 Å². The summed E-state index contributed by atoms with van der Waals surface area (Å²) in [5.74, 6) is 1.13. The van der Waals surface area contributed by atoms with Gasteiger partial charge in [-0.05, 0) is 38.1 Å². The van der Waals surface area contributed by atoms with Gasteiger partial charge in [0.1, 0.15) is 17.2 Å². The van der Waals surface area contributed by atoms with Crippen molar-refractivity contribution in [3.05, 3.63) is 59.4 Å². The molecule has 4 nitrogen and oxygen atoms in total. The molecule has 1 atom stereocenters. The second-order valence-electron chi connectivity index (χ2n) is 4.62. The van der Waals surface area contributed by atoms with Gasteiger partial charge in [-0.1, -0.05) is 11.6 Å². The van der Waals surface area contributed by atoms with Gasteiger partial charge in [-0.15, -0.1) is 0 Å². The first-order valence-electron chi connectivity index (χ1n) is 6.11. The van der Waals surface area contributed by atoms with Gasteiger partial charge in [0.05, 0.1) is 5.69 Å². The van der Waals surface area contributed by atoms with Gasteiger partial charge in [-0.2, -0.15) is 0 Å². The van der Waals surface area contributed by atoms with Crippen molar-refractivity contribution in [2.75, 3.05) is 0 Å². The van der Waals surface area contributed by atoms with Crippen molar-refractivity contribution in [2.45, 2.75) is 20.0 Å². The SMILES string of the molecule is Cc1ccc2oc(C(O)c3ccnc(C)n3)cc2c1. The average Bonchev–Trinajstić information content (AvgIpc) is 2.80. The molecule has 2 heterocycles. The minimum absolute atomic E-state index is 0.499. The molecule has 3 rings (SSSR count). The van der Waals surface area contributed by atoms with Crippen LogP contribution in [0.4, 0.5) is 0 Å². The van der Waals surface area contributed by atoms with E-state index in [1.54, 1.807) is 19.2 Å². The lowest BCUT2D eigenvalue weighted by atomic mass is 10.1. The van der Waals surface area contributed by atoms with Crippen molar-refractivity contribution in [1.82, 2.24) is 9.97 Å². The van der Waals surface area contributed by atoms with Gasteiger partial charge in [0.2, 0.25) is 0 Å². The summed E-state index contributed by atoms with van der Waals surface area (Å²) in [6.45, 7) is 3.81. The predicted molar refractivity (Wildman–Crippen MR) is 71.8 cm³/mol. The second-order valence-corrected chi connectivity index (χ2v) is 4.62. The number of aliphatic hydroxyl groups excluding tert-OH is 1. The molecule has 1 unspecified atom stereocenters. The van der Waals surface area contributed by atoms with Crippen LogP contribution in [-0.4, -0.2) is 15.1 Å². The van der Waals surface area contributed by atoms with Crippen molar-refractivity contribution in [3.63, 3.8) is 0 Å². The summed E-state index contributed by atoms with van der Waals surface area (Å²) in [7, 11) is 0. The van der Waals surface area contributed by atoms with E-state index in [9.17, 15) is 5.11 Å². The molecule has 0 fully saturated rings. The molecule has 0 aliphatic rings. The Morgan fingerprint density at radius 1 is 1.16 bits per heavy atom. The van der Waals surface area contributed by atoms with E-state index in [0.717, 1.165) is 16.5 Å². The van der Waals surface area contributed by atoms with Crippen molar-refractivity contribution in [2.24, 2.45) is 0 Å². The Balaban J connectivity index is 2.04. The molecule has 96 valence electrons. The van der Waals surface area contributed by atoms with E-state index < -0.39 is 6.10 Å². The van der Waals surface area contributed by atoms with E-state index in [0.29, 0.717) is 17.3 Å². The van der Waals surface area contributed by atoms with Crippen LogP contribution in [0.5, 0.6) is 0 Å². The van der Waals surface area contributed by atoms with Crippen LogP contribution in [0, 0.1) is 13.8 Å². The Morgan fingerprint density at radius 3 is 2.79 bits per heavy atom. The molecular formula is C15H14N2O2. The van der Waals surface area contributed by atoms with Gasteiger partial charge < -0.3 is 9.52 Å². The molecule has 1 aromatic carbocycles. The maximum Gasteiger partial charge on any atom is 0.154 e. The zero-order valence-electron chi connectivity index (χ0n) is 10.8. The Hall–Kier alpha value is -2.20. The maximum absolute atomic E-state index is 10.3. The van der Waals surface area contributed by atoms with Crippen LogP contribution in [0.15, 0.2) is 40.9 Å². The third kappa shape index (κ3) is 2.22. The summed E-state index contributed by atoms with van der Waals surface area (Å²) in [6, 6.07) is 9.46. The number of aryl methyl sites for hydroxylation is 2. The smallest absolute Gasteiger partial charge is 0.154 e. The maximum atomic E-state index is 10.3. The molecule has 0 aliphatic carbocycles. The number of rotatable bonds is 2. The van der Waals surface area contributed by atoms with Crippen LogP contribution in [-0.2, 0) is 0 Å². The number of hydrogen-bond acceptors (Lipinski definition) is 4. The van der Waals surface area contributed by atoms with Crippen molar-refractivity contribution < 1.29 is 9.52 Å². The zero-order valence-corrected chi connectivity index (χ0v) is 10.8. The summed E-state index contributed by atoms with van der Waals surface area (Å²) in [6.07, 6.45) is 0.766. The van der Waals surface area contributed by atoms with Crippen LogP contribution in [0.3, 0.4) is 0 Å². The number of furan rings is 1. The molecule has 2 aromatic heterocycles. The Labute approximate surface area is 110 Å². The molecule has 0 saturated carbocycles. The summed E-state index contributed by atoms with van der Waals surface area (Å²) in [5, 5.41) is 11.3. The highest BCUT2D eigenvalue weighted by molar-refractivity contribution is 5.78. The lowest BCUT2D eigenvalue weighted by molar-refractivity contribution is 0.187. The van der Waals surface area contributed by atoms with Gasteiger partial charge >= 0.3 is 0 Å². The summed E-state index contributed by atoms with van der Waals surface area (Å²) in [5.41, 5.74) is 2.47. The lowest BCUT2D eigenvalue weighted by Gasteiger charge is -2.06. The average molecular weight is 254 g/mol. The van der Waals surface area contributed by atoms with Crippen LogP contribution < -0.4 is 0 Å². The number of aromatic nitrogens is 2. The van der Waals surface area contributed by atoms with Gasteiger partial charge in [-0.3, -0.25) is 0 Å². The topological polar surface area (TPSA) is 59.2 Å². The van der Waals surface area contributed by atoms with Crippen LogP contribution >= 0.6 is 0 Å². The Bertz CT molecular complexity index is 734. The quantitative estimate of drug-likeness (QED) is 0.763. The highest BCUT2D eigenvalue weighted by Crippen LogP contribution is 2.27. The zero-order chi connectivity index (χ0) is 13.4. The second kappa shape index (κ2) is 4.48. The van der Waals surface area contributed by atoms with E-state index in [4.69, 9.17) is 4.42 Å². The first-order chi connectivity index (χ1) is 9.13. The van der Waals surface area contributed by atoms with E-state index in [2.05, 4.69) is 9.97 Å². The fourth-order valence-electron chi connectivity index (χ4n) is 2.09. The molecule has 0 aliphatic heterocycles. The first-order valence-corrected chi connectivity index (χ1v) is 6.11. The van der Waals surface area contributed by atoms with Crippen molar-refractivity contribution in [3.8, 4) is 0 Å². The van der Waals surface area contributed by atoms with Crippen molar-refractivity contribution >= 4 is 11.0 Å². The minimum atomic E-state index is -0.866. The molecule has 3 aromatic rings. The number of benzene rings is 1. The largest absolute Gasteiger partial charge is 0.458 e. The normalized spacial score (nSPS) is 12.8. The molecule has 19 heavy (non-hydrogen) atoms. The monoisotopic (exact) mass is 254 g/mol. The fraction of sp³-hybridized carbons (Fsp3) is 0.200. The predicted octanol–water partition coefficient (Wildman–Crippen LogP) is 2.92. The molecule has 4 heteroatoms. The number of aliphatic hydroxyl groups is 1. The first kappa shape index (κ1) is 11.9. The summed E-state index contributed by atoms with van der Waals surface area (Å²) in [4.78, 5) is 8.23. The highest BCUT2D eigenvalue weighted by Gasteiger charge is 2.17. The van der Waals surface area contributed by atoms with E-state index in [1.165, 1.54) is 0 Å². The van der Waals surface area contributed by atoms with Crippen LogP contribution in [0.1, 0.15) is 28.9 Å². The third-order valence-electron chi connectivity index (χ3n) is 3.04. The Morgan fingerprint density at radius 2 is 2.00 bits per heavy atom. The molecule has 0 amide bonds. The van der Waals surface area contributed by atoms with Crippen LogP contribution in [0.25, 0.3) is 11.0 Å². The molecule has 0 spiro atoms. The summed E-state index contributed by atoms with van der Waals surface area (Å²) >= 11 is 0. The molecule has 0 radical (unpaired) electrons. The molecule has 0 saturated heterocycles. The standard InChI is InChI=1S/C15H14N2O2/c1-9-3-4-13-11(7-9)8-14(19-13)15(18)12-5-6-16-10(2)17-12/h3-8,15,18H,1-2H3. The number of nitrogens with zero attached hydrogens (tertiary/aromatic N) is 2. The Kier molecular flexibility index (Phi) is 2.80. The van der Waals surface area contributed by atoms with Gasteiger partial charge in [0.25, 0.3) is 0 Å². The number of fused-ring (bicyclic) bond motifs is 1. The van der Waals surface area contributed by atoms with E-state index in [-0.39, 0.29) is 0 Å². The molecule has 0 bridgehead atoms. The van der Waals surface area contributed by atoms with Gasteiger partial charge in [0.15, 0.2) is 6.10 Å². The third-order valence-corrected chi connectivity index (χ3v) is 3.04. The van der Waals surface area contributed by atoms with Crippen molar-refractivity contribution in [1.29, 1.82) is 0 Å². The number of hydrogen-bond donors (Lipinski definition) is 1. The van der Waals surface area contributed by atoms with Gasteiger partial charge in [-0.25, -0.2) is 9.97 Å². The lowest BCUT2D eigenvalue weighted by Crippen LogP contribution is -2.02. The van der Waals surface area contributed by atoms with Crippen LogP contribution in [0.2, 0.25) is 0 Å². The molecule has 1 N–H and O–H groups in total. The summed E-state index contributed by atoms with van der Waals surface area (Å²) < 4.78 is 5.67.